The van der Waals surface area contributed by atoms with Crippen molar-refractivity contribution in [3.8, 4) is 11.5 Å². The molecule has 0 radical (unpaired) electrons. The fraction of sp³-hybridized carbons (Fsp3) is 0.148. The molecule has 10 heteroatoms. The molecule has 37 heavy (non-hydrogen) atoms. The van der Waals surface area contributed by atoms with Gasteiger partial charge in [-0.05, 0) is 73.0 Å². The molecule has 0 bridgehead atoms. The highest BCUT2D eigenvalue weighted by atomic mass is 79.9. The van der Waals surface area contributed by atoms with Crippen molar-refractivity contribution >= 4 is 68.7 Å². The number of nitrogens with zero attached hydrogens (tertiary/aromatic N) is 1. The summed E-state index contributed by atoms with van der Waals surface area (Å²) in [7, 11) is 0. The Labute approximate surface area is 232 Å². The number of amides is 4. The first-order chi connectivity index (χ1) is 17.7. The molecule has 1 aliphatic heterocycles. The zero-order valence-electron chi connectivity index (χ0n) is 19.8. The molecule has 3 aromatic rings. The number of aryl methyl sites for hydroxylation is 1. The van der Waals surface area contributed by atoms with Gasteiger partial charge in [-0.3, -0.25) is 14.9 Å². The van der Waals surface area contributed by atoms with Crippen LogP contribution in [0.15, 0.2) is 64.6 Å². The second-order valence-corrected chi connectivity index (χ2v) is 9.76. The van der Waals surface area contributed by atoms with Gasteiger partial charge in [-0.2, -0.15) is 0 Å². The number of halogens is 3. The molecule has 4 rings (SSSR count). The lowest BCUT2D eigenvalue weighted by Gasteiger charge is -2.26. The highest BCUT2D eigenvalue weighted by molar-refractivity contribution is 9.10. The highest BCUT2D eigenvalue weighted by Crippen LogP contribution is 2.36. The molecule has 3 aromatic carbocycles. The summed E-state index contributed by atoms with van der Waals surface area (Å²) in [5.41, 5.74) is 2.20. The third-order valence-electron chi connectivity index (χ3n) is 5.49. The van der Waals surface area contributed by atoms with E-state index in [0.717, 1.165) is 16.0 Å². The zero-order chi connectivity index (χ0) is 26.7. The van der Waals surface area contributed by atoms with Gasteiger partial charge in [-0.25, -0.2) is 9.69 Å². The lowest BCUT2D eigenvalue weighted by atomic mass is 10.1. The summed E-state index contributed by atoms with van der Waals surface area (Å²) in [6.07, 6.45) is 1.39. The van der Waals surface area contributed by atoms with Crippen LogP contribution in [-0.4, -0.2) is 24.5 Å². The molecule has 1 fully saturated rings. The smallest absolute Gasteiger partial charge is 0.335 e. The number of nitrogens with one attached hydrogen (secondary N) is 1. The Hall–Kier alpha value is -3.33. The van der Waals surface area contributed by atoms with Gasteiger partial charge in [0.05, 0.1) is 12.3 Å². The molecule has 0 atom stereocenters. The van der Waals surface area contributed by atoms with Crippen LogP contribution in [0.4, 0.5) is 10.5 Å². The predicted octanol–water partition coefficient (Wildman–Crippen LogP) is 6.71. The maximum absolute atomic E-state index is 13.3. The Balaban J connectivity index is 1.66. The van der Waals surface area contributed by atoms with Gasteiger partial charge in [0, 0.05) is 14.5 Å². The number of barbiturate groups is 1. The molecule has 1 saturated heterocycles. The number of rotatable bonds is 7. The standard InChI is InChI=1S/C27H21BrCl2N2O5/c1-3-36-23-11-17(21(28)13-24(23)37-14-16-5-7-18(29)8-6-16)10-20-25(33)31-27(35)32(26(20)34)19-9-4-15(2)22(30)12-19/h4-13H,3,14H2,1-2H3,(H,31,33,35)/b20-10-. The first-order valence-corrected chi connectivity index (χ1v) is 12.7. The quantitative estimate of drug-likeness (QED) is 0.240. The first-order valence-electron chi connectivity index (χ1n) is 11.2. The Kier molecular flexibility index (Phi) is 8.22. The largest absolute Gasteiger partial charge is 0.490 e. The Bertz CT molecular complexity index is 1420. The average Bonchev–Trinajstić information content (AvgIpc) is 2.85. The summed E-state index contributed by atoms with van der Waals surface area (Å²) >= 11 is 15.6. The summed E-state index contributed by atoms with van der Waals surface area (Å²) in [6, 6.07) is 14.5. The molecule has 0 unspecified atom stereocenters. The number of anilines is 1. The molecule has 0 saturated carbocycles. The number of carbonyl (C=O) groups is 3. The van der Waals surface area contributed by atoms with E-state index in [4.69, 9.17) is 32.7 Å². The van der Waals surface area contributed by atoms with Crippen LogP contribution in [0.2, 0.25) is 10.0 Å². The maximum Gasteiger partial charge on any atom is 0.335 e. The molecular formula is C27H21BrCl2N2O5. The van der Waals surface area contributed by atoms with Crippen LogP contribution in [0.1, 0.15) is 23.6 Å². The lowest BCUT2D eigenvalue weighted by Crippen LogP contribution is -2.54. The number of hydrogen-bond acceptors (Lipinski definition) is 5. The summed E-state index contributed by atoms with van der Waals surface area (Å²) < 4.78 is 12.3. The van der Waals surface area contributed by atoms with Crippen LogP contribution in [-0.2, 0) is 16.2 Å². The minimum Gasteiger partial charge on any atom is -0.490 e. The van der Waals surface area contributed by atoms with Crippen molar-refractivity contribution in [2.75, 3.05) is 11.5 Å². The average molecular weight is 604 g/mol. The molecule has 0 aliphatic carbocycles. The van der Waals surface area contributed by atoms with E-state index in [1.807, 2.05) is 19.1 Å². The second-order valence-electron chi connectivity index (χ2n) is 8.06. The molecule has 4 amide bonds. The molecular weight excluding hydrogens is 583 g/mol. The Morgan fingerprint density at radius 1 is 0.973 bits per heavy atom. The van der Waals surface area contributed by atoms with Crippen molar-refractivity contribution in [3.05, 3.63) is 91.4 Å². The second kappa shape index (κ2) is 11.4. The topological polar surface area (TPSA) is 84.9 Å². The number of benzene rings is 3. The molecule has 190 valence electrons. The van der Waals surface area contributed by atoms with Gasteiger partial charge in [-0.1, -0.05) is 57.3 Å². The van der Waals surface area contributed by atoms with Crippen LogP contribution in [0.3, 0.4) is 0 Å². The SMILES string of the molecule is CCOc1cc(/C=C2/C(=O)NC(=O)N(c3ccc(C)c(Cl)c3)C2=O)c(Br)cc1OCc1ccc(Cl)cc1. The van der Waals surface area contributed by atoms with E-state index in [1.165, 1.54) is 12.1 Å². The molecule has 7 nitrogen and oxygen atoms in total. The number of ether oxygens (including phenoxy) is 2. The van der Waals surface area contributed by atoms with Gasteiger partial charge in [0.25, 0.3) is 11.8 Å². The molecule has 0 spiro atoms. The fourth-order valence-corrected chi connectivity index (χ4v) is 4.29. The van der Waals surface area contributed by atoms with Crippen LogP contribution in [0, 0.1) is 6.92 Å². The number of hydrogen-bond donors (Lipinski definition) is 1. The van der Waals surface area contributed by atoms with Crippen LogP contribution in [0.5, 0.6) is 11.5 Å². The Morgan fingerprint density at radius 2 is 1.68 bits per heavy atom. The summed E-state index contributed by atoms with van der Waals surface area (Å²) in [5.74, 6) is -0.691. The first kappa shape index (κ1) is 26.7. The summed E-state index contributed by atoms with van der Waals surface area (Å²) in [5, 5.41) is 3.23. The molecule has 1 N–H and O–H groups in total. The number of carbonyl (C=O) groups excluding carboxylic acids is 3. The minimum absolute atomic E-state index is 0.228. The predicted molar refractivity (Wildman–Crippen MR) is 146 cm³/mol. The van der Waals surface area contributed by atoms with E-state index >= 15 is 0 Å². The van der Waals surface area contributed by atoms with Crippen LogP contribution in [0.25, 0.3) is 6.08 Å². The minimum atomic E-state index is -0.855. The van der Waals surface area contributed by atoms with Crippen molar-refractivity contribution in [1.82, 2.24) is 5.32 Å². The molecule has 1 heterocycles. The van der Waals surface area contributed by atoms with Crippen molar-refractivity contribution in [1.29, 1.82) is 0 Å². The lowest BCUT2D eigenvalue weighted by molar-refractivity contribution is -0.122. The monoisotopic (exact) mass is 602 g/mol. The van der Waals surface area contributed by atoms with E-state index < -0.39 is 17.8 Å². The van der Waals surface area contributed by atoms with Gasteiger partial charge >= 0.3 is 6.03 Å². The third kappa shape index (κ3) is 5.98. The van der Waals surface area contributed by atoms with Crippen molar-refractivity contribution < 1.29 is 23.9 Å². The van der Waals surface area contributed by atoms with Gasteiger partial charge < -0.3 is 9.47 Å². The van der Waals surface area contributed by atoms with Crippen molar-refractivity contribution in [3.63, 3.8) is 0 Å². The normalized spacial score (nSPS) is 14.7. The van der Waals surface area contributed by atoms with Crippen LogP contribution >= 0.6 is 39.1 Å². The van der Waals surface area contributed by atoms with Crippen molar-refractivity contribution in [2.24, 2.45) is 0 Å². The van der Waals surface area contributed by atoms with Gasteiger partial charge in [0.2, 0.25) is 0 Å². The molecule has 0 aromatic heterocycles. The third-order valence-corrected chi connectivity index (χ3v) is 6.83. The Morgan fingerprint density at radius 3 is 2.35 bits per heavy atom. The summed E-state index contributed by atoms with van der Waals surface area (Å²) in [4.78, 5) is 39.3. The van der Waals surface area contributed by atoms with Gasteiger partial charge in [0.1, 0.15) is 12.2 Å². The summed E-state index contributed by atoms with van der Waals surface area (Å²) in [6.45, 7) is 4.28. The highest BCUT2D eigenvalue weighted by Gasteiger charge is 2.37. The van der Waals surface area contributed by atoms with Crippen molar-refractivity contribution in [2.45, 2.75) is 20.5 Å². The van der Waals surface area contributed by atoms with E-state index in [9.17, 15) is 14.4 Å². The fourth-order valence-electron chi connectivity index (χ4n) is 3.55. The maximum atomic E-state index is 13.3. The van der Waals surface area contributed by atoms with E-state index in [1.54, 1.807) is 43.3 Å². The molecule has 1 aliphatic rings. The zero-order valence-corrected chi connectivity index (χ0v) is 22.9. The van der Waals surface area contributed by atoms with Crippen LogP contribution < -0.4 is 19.7 Å². The van der Waals surface area contributed by atoms with E-state index in [0.29, 0.717) is 38.2 Å². The number of imide groups is 2. The number of urea groups is 1. The van der Waals surface area contributed by atoms with E-state index in [2.05, 4.69) is 21.2 Å². The van der Waals surface area contributed by atoms with E-state index in [-0.39, 0.29) is 17.9 Å². The van der Waals surface area contributed by atoms with Gasteiger partial charge in [-0.15, -0.1) is 0 Å². The van der Waals surface area contributed by atoms with Gasteiger partial charge in [0.15, 0.2) is 11.5 Å².